The van der Waals surface area contributed by atoms with Gasteiger partial charge in [-0.15, -0.1) is 11.3 Å². The molecule has 3 N–H and O–H groups in total. The average molecular weight is 427 g/mol. The number of primary amides is 1. The van der Waals surface area contributed by atoms with Crippen LogP contribution in [0.4, 0.5) is 9.39 Å². The van der Waals surface area contributed by atoms with Crippen LogP contribution in [0.2, 0.25) is 0 Å². The topological polar surface area (TPSA) is 111 Å². The van der Waals surface area contributed by atoms with Gasteiger partial charge in [0.2, 0.25) is 0 Å². The zero-order chi connectivity index (χ0) is 21.4. The number of benzene rings is 1. The van der Waals surface area contributed by atoms with Gasteiger partial charge in [-0.25, -0.2) is 9.18 Å². The Hall–Kier alpha value is -3.33. The van der Waals surface area contributed by atoms with Crippen molar-refractivity contribution >= 4 is 45.0 Å². The van der Waals surface area contributed by atoms with Gasteiger partial charge in [-0.1, -0.05) is 0 Å². The third kappa shape index (κ3) is 3.76. The van der Waals surface area contributed by atoms with Crippen LogP contribution in [0.5, 0.6) is 0 Å². The van der Waals surface area contributed by atoms with Gasteiger partial charge >= 0.3 is 5.97 Å². The predicted molar refractivity (Wildman–Crippen MR) is 110 cm³/mol. The maximum absolute atomic E-state index is 13.3. The predicted octanol–water partition coefficient (Wildman–Crippen LogP) is 3.13. The fourth-order valence-corrected chi connectivity index (χ4v) is 4.88. The van der Waals surface area contributed by atoms with Gasteiger partial charge in [0.1, 0.15) is 10.8 Å². The number of anilines is 1. The first-order chi connectivity index (χ1) is 14.3. The molecular formula is C21H18FN3O4S. The Morgan fingerprint density at radius 1 is 1.27 bits per heavy atom. The number of aryl methyl sites for hydroxylation is 2. The largest absolute Gasteiger partial charge is 0.452 e. The molecule has 0 radical (unpaired) electrons. The van der Waals surface area contributed by atoms with Gasteiger partial charge in [-0.05, 0) is 49.9 Å². The lowest BCUT2D eigenvalue weighted by Crippen LogP contribution is -2.23. The van der Waals surface area contributed by atoms with Crippen molar-refractivity contribution in [2.75, 3.05) is 11.9 Å². The quantitative estimate of drug-likeness (QED) is 0.608. The minimum atomic E-state index is -0.717. The fraction of sp³-hybridized carbons (Fsp3) is 0.238. The number of aromatic nitrogens is 1. The number of ether oxygens (including phenoxy) is 1. The molecule has 0 atom stereocenters. The Bertz CT molecular complexity index is 1200. The molecule has 2 aromatic heterocycles. The molecule has 0 fully saturated rings. The summed E-state index contributed by atoms with van der Waals surface area (Å²) in [5.41, 5.74) is 7.69. The molecule has 0 spiro atoms. The highest BCUT2D eigenvalue weighted by Gasteiger charge is 2.26. The lowest BCUT2D eigenvalue weighted by molar-refractivity contribution is -0.119. The third-order valence-corrected chi connectivity index (χ3v) is 6.15. The monoisotopic (exact) mass is 427 g/mol. The molecule has 154 valence electrons. The molecule has 1 aromatic carbocycles. The standard InChI is InChI=1S/C21H18FN3O4S/c1-10-14(7-11-5-6-12(22)8-15(11)24-10)21(28)29-9-17(26)25-20-18(19(23)27)13-3-2-4-16(13)30-20/h5-8H,2-4,9H2,1H3,(H2,23,27)(H,25,26). The minimum absolute atomic E-state index is 0.190. The van der Waals surface area contributed by atoms with Gasteiger partial charge < -0.3 is 15.8 Å². The van der Waals surface area contributed by atoms with E-state index < -0.39 is 30.2 Å². The van der Waals surface area contributed by atoms with E-state index in [0.717, 1.165) is 29.7 Å². The van der Waals surface area contributed by atoms with Crippen LogP contribution in [0.25, 0.3) is 10.9 Å². The molecule has 0 saturated heterocycles. The molecule has 1 aliphatic carbocycles. The summed E-state index contributed by atoms with van der Waals surface area (Å²) in [5.74, 6) is -2.29. The van der Waals surface area contributed by atoms with E-state index in [2.05, 4.69) is 10.3 Å². The fourth-order valence-electron chi connectivity index (χ4n) is 3.57. The number of nitrogens with one attached hydrogen (secondary N) is 1. The number of fused-ring (bicyclic) bond motifs is 2. The smallest absolute Gasteiger partial charge is 0.340 e. The molecule has 3 aromatic rings. The SMILES string of the molecule is Cc1nc2cc(F)ccc2cc1C(=O)OCC(=O)Nc1sc2c(c1C(N)=O)CCC2. The highest BCUT2D eigenvalue weighted by atomic mass is 32.1. The van der Waals surface area contributed by atoms with E-state index in [-0.39, 0.29) is 5.56 Å². The number of thiophene rings is 1. The number of amides is 2. The second-order valence-corrected chi connectivity index (χ2v) is 8.11. The number of esters is 1. The van der Waals surface area contributed by atoms with Crippen LogP contribution in [-0.2, 0) is 22.4 Å². The maximum atomic E-state index is 13.3. The number of nitrogens with zero attached hydrogens (tertiary/aromatic N) is 1. The van der Waals surface area contributed by atoms with Gasteiger partial charge in [0.15, 0.2) is 6.61 Å². The molecule has 0 unspecified atom stereocenters. The van der Waals surface area contributed by atoms with Crippen LogP contribution in [0, 0.1) is 12.7 Å². The molecule has 1 aliphatic rings. The van der Waals surface area contributed by atoms with Crippen LogP contribution >= 0.6 is 11.3 Å². The van der Waals surface area contributed by atoms with Gasteiger partial charge in [0.05, 0.1) is 22.3 Å². The van der Waals surface area contributed by atoms with Crippen molar-refractivity contribution in [3.63, 3.8) is 0 Å². The second-order valence-electron chi connectivity index (χ2n) is 7.01. The van der Waals surface area contributed by atoms with E-state index in [1.165, 1.54) is 29.5 Å². The van der Waals surface area contributed by atoms with Gasteiger partial charge in [0.25, 0.3) is 11.8 Å². The Morgan fingerprint density at radius 2 is 2.07 bits per heavy atom. The van der Waals surface area contributed by atoms with E-state index in [9.17, 15) is 18.8 Å². The Kier molecular flexibility index (Phi) is 5.21. The van der Waals surface area contributed by atoms with Crippen LogP contribution in [0.1, 0.15) is 43.3 Å². The van der Waals surface area contributed by atoms with Crippen molar-refractivity contribution in [3.8, 4) is 0 Å². The van der Waals surface area contributed by atoms with E-state index in [0.29, 0.717) is 27.2 Å². The molecule has 0 saturated carbocycles. The minimum Gasteiger partial charge on any atom is -0.452 e. The lowest BCUT2D eigenvalue weighted by atomic mass is 10.1. The lowest BCUT2D eigenvalue weighted by Gasteiger charge is -2.09. The van der Waals surface area contributed by atoms with Crippen LogP contribution < -0.4 is 11.1 Å². The first-order valence-electron chi connectivity index (χ1n) is 9.31. The number of hydrogen-bond acceptors (Lipinski definition) is 6. The molecule has 4 rings (SSSR count). The van der Waals surface area contributed by atoms with Gasteiger partial charge in [0, 0.05) is 16.3 Å². The van der Waals surface area contributed by atoms with E-state index >= 15 is 0 Å². The number of hydrogen-bond donors (Lipinski definition) is 2. The first kappa shape index (κ1) is 20.0. The number of nitrogens with two attached hydrogens (primary N) is 1. The second kappa shape index (κ2) is 7.83. The zero-order valence-electron chi connectivity index (χ0n) is 16.1. The summed E-state index contributed by atoms with van der Waals surface area (Å²) in [4.78, 5) is 41.8. The van der Waals surface area contributed by atoms with Gasteiger partial charge in [-0.3, -0.25) is 14.6 Å². The summed E-state index contributed by atoms with van der Waals surface area (Å²) in [7, 11) is 0. The van der Waals surface area contributed by atoms with Gasteiger partial charge in [-0.2, -0.15) is 0 Å². The summed E-state index contributed by atoms with van der Waals surface area (Å²) in [6.07, 6.45) is 2.56. The average Bonchev–Trinajstić information content (AvgIpc) is 3.25. The Labute approximate surface area is 175 Å². The number of carbonyl (C=O) groups is 3. The molecule has 9 heteroatoms. The number of rotatable bonds is 5. The van der Waals surface area contributed by atoms with E-state index in [1.54, 1.807) is 13.0 Å². The van der Waals surface area contributed by atoms with E-state index in [1.807, 2.05) is 0 Å². The molecule has 2 heterocycles. The number of carbonyl (C=O) groups excluding carboxylic acids is 3. The molecule has 0 bridgehead atoms. The normalized spacial score (nSPS) is 12.6. The Morgan fingerprint density at radius 3 is 2.83 bits per heavy atom. The molecular weight excluding hydrogens is 409 g/mol. The maximum Gasteiger partial charge on any atom is 0.340 e. The molecule has 0 aliphatic heterocycles. The van der Waals surface area contributed by atoms with Crippen molar-refractivity contribution in [2.45, 2.75) is 26.2 Å². The van der Waals surface area contributed by atoms with Crippen molar-refractivity contribution in [2.24, 2.45) is 5.73 Å². The molecule has 7 nitrogen and oxygen atoms in total. The van der Waals surface area contributed by atoms with Crippen LogP contribution in [0.3, 0.4) is 0 Å². The third-order valence-electron chi connectivity index (χ3n) is 4.95. The van der Waals surface area contributed by atoms with Crippen molar-refractivity contribution in [3.05, 3.63) is 57.3 Å². The summed E-state index contributed by atoms with van der Waals surface area (Å²) in [6.45, 7) is 1.08. The van der Waals surface area contributed by atoms with Crippen LogP contribution in [-0.4, -0.2) is 29.4 Å². The van der Waals surface area contributed by atoms with E-state index in [4.69, 9.17) is 10.5 Å². The molecule has 30 heavy (non-hydrogen) atoms. The van der Waals surface area contributed by atoms with Crippen molar-refractivity contribution in [1.82, 2.24) is 4.98 Å². The summed E-state index contributed by atoms with van der Waals surface area (Å²) < 4.78 is 18.5. The van der Waals surface area contributed by atoms with Crippen LogP contribution in [0.15, 0.2) is 24.3 Å². The highest BCUT2D eigenvalue weighted by molar-refractivity contribution is 7.17. The van der Waals surface area contributed by atoms with Crippen molar-refractivity contribution < 1.29 is 23.5 Å². The zero-order valence-corrected chi connectivity index (χ0v) is 16.9. The highest BCUT2D eigenvalue weighted by Crippen LogP contribution is 2.38. The van der Waals surface area contributed by atoms with Crippen molar-refractivity contribution in [1.29, 1.82) is 0 Å². The summed E-state index contributed by atoms with van der Waals surface area (Å²) in [5, 5.41) is 3.59. The number of halogens is 1. The number of pyridine rings is 1. The first-order valence-corrected chi connectivity index (χ1v) is 10.1. The Balaban J connectivity index is 1.45. The molecule has 2 amide bonds. The summed E-state index contributed by atoms with van der Waals surface area (Å²) >= 11 is 1.33. The summed E-state index contributed by atoms with van der Waals surface area (Å²) in [6, 6.07) is 5.62.